The number of aryl methyl sites for hydroxylation is 1. The Bertz CT molecular complexity index is 962. The summed E-state index contributed by atoms with van der Waals surface area (Å²) in [5.41, 5.74) is 2.12. The first-order chi connectivity index (χ1) is 11.4. The third-order valence-electron chi connectivity index (χ3n) is 3.61. The van der Waals surface area contributed by atoms with Gasteiger partial charge in [-0.1, -0.05) is 18.2 Å². The zero-order valence-corrected chi connectivity index (χ0v) is 14.1. The minimum absolute atomic E-state index is 0.0715. The maximum Gasteiger partial charge on any atom is 0.265 e. The van der Waals surface area contributed by atoms with Crippen molar-refractivity contribution in [2.45, 2.75) is 18.7 Å². The Kier molecular flexibility index (Phi) is 4.02. The van der Waals surface area contributed by atoms with Crippen LogP contribution in [0.15, 0.2) is 59.5 Å². The number of nitrogens with one attached hydrogen (secondary N) is 1. The number of hydrogen-bond donors (Lipinski definition) is 2. The quantitative estimate of drug-likeness (QED) is 0.713. The Hall–Kier alpha value is -2.80. The van der Waals surface area contributed by atoms with Crippen molar-refractivity contribution < 1.29 is 13.5 Å². The fourth-order valence-electron chi connectivity index (χ4n) is 2.57. The molecule has 7 heteroatoms. The first kappa shape index (κ1) is 16.1. The summed E-state index contributed by atoms with van der Waals surface area (Å²) in [4.78, 5) is 0.152. The highest BCUT2D eigenvalue weighted by Gasteiger charge is 2.25. The highest BCUT2D eigenvalue weighted by molar-refractivity contribution is 7.92. The molecule has 0 aliphatic rings. The minimum Gasteiger partial charge on any atom is -0.508 e. The van der Waals surface area contributed by atoms with Gasteiger partial charge in [-0.05, 0) is 50.2 Å². The summed E-state index contributed by atoms with van der Waals surface area (Å²) >= 11 is 0. The lowest BCUT2D eigenvalue weighted by Crippen LogP contribution is -2.14. The molecule has 0 radical (unpaired) electrons. The molecule has 3 aromatic rings. The summed E-state index contributed by atoms with van der Waals surface area (Å²) < 4.78 is 29.6. The van der Waals surface area contributed by atoms with Crippen molar-refractivity contribution in [1.82, 2.24) is 9.78 Å². The van der Waals surface area contributed by atoms with Gasteiger partial charge in [0.15, 0.2) is 0 Å². The van der Waals surface area contributed by atoms with Gasteiger partial charge in [0, 0.05) is 5.69 Å². The van der Waals surface area contributed by atoms with Gasteiger partial charge in [-0.2, -0.15) is 5.10 Å². The maximum atomic E-state index is 12.7. The molecule has 0 saturated heterocycles. The molecule has 0 aliphatic heterocycles. The molecule has 0 spiro atoms. The van der Waals surface area contributed by atoms with E-state index in [2.05, 4.69) is 9.82 Å². The third-order valence-corrected chi connectivity index (χ3v) is 5.25. The Labute approximate surface area is 140 Å². The number of benzene rings is 2. The summed E-state index contributed by atoms with van der Waals surface area (Å²) in [6, 6.07) is 15.2. The van der Waals surface area contributed by atoms with E-state index in [9.17, 15) is 13.5 Å². The van der Waals surface area contributed by atoms with Gasteiger partial charge in [0.25, 0.3) is 10.0 Å². The van der Waals surface area contributed by atoms with Crippen molar-refractivity contribution in [3.05, 3.63) is 66.0 Å². The largest absolute Gasteiger partial charge is 0.508 e. The first-order valence-electron chi connectivity index (χ1n) is 7.32. The fraction of sp³-hybridized carbons (Fsp3) is 0.118. The van der Waals surface area contributed by atoms with Crippen molar-refractivity contribution >= 4 is 15.7 Å². The van der Waals surface area contributed by atoms with E-state index in [0.29, 0.717) is 17.1 Å². The van der Waals surface area contributed by atoms with Crippen LogP contribution in [-0.4, -0.2) is 23.3 Å². The number of phenols is 1. The number of para-hydroxylation sites is 1. The number of hydrogen-bond acceptors (Lipinski definition) is 4. The Balaban J connectivity index is 2.02. The molecule has 0 bridgehead atoms. The molecule has 0 fully saturated rings. The van der Waals surface area contributed by atoms with Gasteiger partial charge in [0.1, 0.15) is 10.6 Å². The molecule has 1 heterocycles. The Morgan fingerprint density at radius 2 is 1.62 bits per heavy atom. The number of rotatable bonds is 4. The van der Waals surface area contributed by atoms with E-state index in [4.69, 9.17) is 0 Å². The summed E-state index contributed by atoms with van der Waals surface area (Å²) in [7, 11) is -3.79. The minimum atomic E-state index is -3.79. The van der Waals surface area contributed by atoms with Gasteiger partial charge in [-0.25, -0.2) is 13.1 Å². The van der Waals surface area contributed by atoms with Crippen molar-refractivity contribution in [2.75, 3.05) is 4.72 Å². The molecule has 24 heavy (non-hydrogen) atoms. The van der Waals surface area contributed by atoms with Crippen LogP contribution in [-0.2, 0) is 10.0 Å². The SMILES string of the molecule is Cc1nn(-c2ccccc2)c(C)c1S(=O)(=O)Nc1ccc(O)cc1. The van der Waals surface area contributed by atoms with Gasteiger partial charge in [0.2, 0.25) is 0 Å². The van der Waals surface area contributed by atoms with Gasteiger partial charge < -0.3 is 5.11 Å². The predicted octanol–water partition coefficient (Wildman–Crippen LogP) is 3.00. The molecule has 6 nitrogen and oxygen atoms in total. The van der Waals surface area contributed by atoms with E-state index in [1.165, 1.54) is 24.3 Å². The molecule has 3 rings (SSSR count). The van der Waals surface area contributed by atoms with Gasteiger partial charge >= 0.3 is 0 Å². The number of sulfonamides is 1. The summed E-state index contributed by atoms with van der Waals surface area (Å²) in [6.07, 6.45) is 0. The summed E-state index contributed by atoms with van der Waals surface area (Å²) in [6.45, 7) is 3.39. The molecule has 1 aromatic heterocycles. The highest BCUT2D eigenvalue weighted by Crippen LogP contribution is 2.25. The number of anilines is 1. The summed E-state index contributed by atoms with van der Waals surface area (Å²) in [5, 5.41) is 13.7. The number of nitrogens with zero attached hydrogens (tertiary/aromatic N) is 2. The topological polar surface area (TPSA) is 84.2 Å². The number of aromatic hydroxyl groups is 1. The van der Waals surface area contributed by atoms with E-state index < -0.39 is 10.0 Å². The van der Waals surface area contributed by atoms with Crippen molar-refractivity contribution in [3.63, 3.8) is 0 Å². The Morgan fingerprint density at radius 3 is 2.25 bits per heavy atom. The molecule has 0 aliphatic carbocycles. The van der Waals surface area contributed by atoms with E-state index in [0.717, 1.165) is 5.69 Å². The maximum absolute atomic E-state index is 12.7. The molecule has 2 aromatic carbocycles. The van der Waals surface area contributed by atoms with Crippen LogP contribution in [0.4, 0.5) is 5.69 Å². The Morgan fingerprint density at radius 1 is 1.00 bits per heavy atom. The molecule has 0 saturated carbocycles. The van der Waals surface area contributed by atoms with Gasteiger partial charge in [-0.15, -0.1) is 0 Å². The van der Waals surface area contributed by atoms with E-state index in [1.807, 2.05) is 30.3 Å². The van der Waals surface area contributed by atoms with Gasteiger partial charge in [0.05, 0.1) is 17.1 Å². The smallest absolute Gasteiger partial charge is 0.265 e. The average Bonchev–Trinajstić information content (AvgIpc) is 2.85. The van der Waals surface area contributed by atoms with E-state index in [-0.39, 0.29) is 10.6 Å². The zero-order valence-electron chi connectivity index (χ0n) is 13.3. The van der Waals surface area contributed by atoms with Crippen LogP contribution >= 0.6 is 0 Å². The van der Waals surface area contributed by atoms with E-state index in [1.54, 1.807) is 18.5 Å². The second kappa shape index (κ2) is 6.01. The van der Waals surface area contributed by atoms with Crippen LogP contribution in [0.5, 0.6) is 5.75 Å². The molecular formula is C17H17N3O3S. The lowest BCUT2D eigenvalue weighted by Gasteiger charge is -2.09. The molecule has 0 unspecified atom stereocenters. The summed E-state index contributed by atoms with van der Waals surface area (Å²) in [5.74, 6) is 0.0715. The van der Waals surface area contributed by atoms with Gasteiger partial charge in [-0.3, -0.25) is 4.72 Å². The second-order valence-electron chi connectivity index (χ2n) is 5.40. The first-order valence-corrected chi connectivity index (χ1v) is 8.80. The van der Waals surface area contributed by atoms with Crippen molar-refractivity contribution in [3.8, 4) is 11.4 Å². The third kappa shape index (κ3) is 2.98. The highest BCUT2D eigenvalue weighted by atomic mass is 32.2. The van der Waals surface area contributed by atoms with Crippen molar-refractivity contribution in [2.24, 2.45) is 0 Å². The predicted molar refractivity (Wildman–Crippen MR) is 92.0 cm³/mol. The number of phenolic OH excluding ortho intramolecular Hbond substituents is 1. The fourth-order valence-corrected chi connectivity index (χ4v) is 4.03. The van der Waals surface area contributed by atoms with Crippen LogP contribution in [0.25, 0.3) is 5.69 Å². The molecule has 0 atom stereocenters. The lowest BCUT2D eigenvalue weighted by atomic mass is 10.3. The molecule has 0 amide bonds. The van der Waals surface area contributed by atoms with Crippen LogP contribution in [0.3, 0.4) is 0 Å². The zero-order chi connectivity index (χ0) is 17.3. The average molecular weight is 343 g/mol. The van der Waals surface area contributed by atoms with Crippen LogP contribution < -0.4 is 4.72 Å². The normalized spacial score (nSPS) is 11.4. The monoisotopic (exact) mass is 343 g/mol. The van der Waals surface area contributed by atoms with Crippen molar-refractivity contribution in [1.29, 1.82) is 0 Å². The lowest BCUT2D eigenvalue weighted by molar-refractivity contribution is 0.475. The second-order valence-corrected chi connectivity index (χ2v) is 7.02. The number of aromatic nitrogens is 2. The standard InChI is InChI=1S/C17H17N3O3S/c1-12-17(13(2)20(18-12)15-6-4-3-5-7-15)24(22,23)19-14-8-10-16(21)11-9-14/h3-11,19,21H,1-2H3. The van der Waals surface area contributed by atoms with E-state index >= 15 is 0 Å². The molecule has 2 N–H and O–H groups in total. The van der Waals surface area contributed by atoms with Crippen LogP contribution in [0, 0.1) is 13.8 Å². The van der Waals surface area contributed by atoms with Crippen LogP contribution in [0.1, 0.15) is 11.4 Å². The molecule has 124 valence electrons. The molecular weight excluding hydrogens is 326 g/mol. The van der Waals surface area contributed by atoms with Crippen LogP contribution in [0.2, 0.25) is 0 Å².